The van der Waals surface area contributed by atoms with Crippen molar-refractivity contribution in [1.82, 2.24) is 15.5 Å². The number of likely N-dealkylation sites (N-methyl/N-ethyl adjacent to an activating group) is 1. The molecule has 0 atom stereocenters. The second kappa shape index (κ2) is 14.2. The Morgan fingerprint density at radius 2 is 2.18 bits per heavy atom. The van der Waals surface area contributed by atoms with Gasteiger partial charge in [0.15, 0.2) is 5.96 Å². The summed E-state index contributed by atoms with van der Waals surface area (Å²) in [6, 6.07) is 2.11. The van der Waals surface area contributed by atoms with E-state index in [9.17, 15) is 0 Å². The van der Waals surface area contributed by atoms with E-state index in [-0.39, 0.29) is 24.0 Å². The normalized spacial score (nSPS) is 11.4. The first kappa shape index (κ1) is 21.6. The number of methoxy groups -OCH3 is 1. The second-order valence-electron chi connectivity index (χ2n) is 4.90. The molecule has 1 aromatic heterocycles. The molecule has 0 radical (unpaired) electrons. The van der Waals surface area contributed by atoms with E-state index in [0.29, 0.717) is 0 Å². The molecule has 0 saturated heterocycles. The summed E-state index contributed by atoms with van der Waals surface area (Å²) in [5.41, 5.74) is 1.26. The molecular weight excluding hydrogens is 411 g/mol. The number of nitrogens with one attached hydrogen (secondary N) is 2. The SMILES string of the molecule is CCNC(=NCc1ccsc1)NCCN(C)CCCOC.I. The van der Waals surface area contributed by atoms with Crippen LogP contribution in [0.5, 0.6) is 0 Å². The molecule has 1 aromatic rings. The van der Waals surface area contributed by atoms with Crippen molar-refractivity contribution in [2.45, 2.75) is 19.9 Å². The monoisotopic (exact) mass is 440 g/mol. The fourth-order valence-corrected chi connectivity index (χ4v) is 2.51. The zero-order valence-electron chi connectivity index (χ0n) is 13.8. The summed E-state index contributed by atoms with van der Waals surface area (Å²) >= 11 is 1.71. The van der Waals surface area contributed by atoms with Crippen molar-refractivity contribution in [3.63, 3.8) is 0 Å². The van der Waals surface area contributed by atoms with Gasteiger partial charge in [-0.05, 0) is 42.8 Å². The van der Waals surface area contributed by atoms with Crippen LogP contribution < -0.4 is 10.6 Å². The average molecular weight is 440 g/mol. The van der Waals surface area contributed by atoms with Gasteiger partial charge in [-0.1, -0.05) is 0 Å². The van der Waals surface area contributed by atoms with E-state index in [0.717, 1.165) is 51.7 Å². The van der Waals surface area contributed by atoms with Gasteiger partial charge in [0, 0.05) is 39.9 Å². The molecule has 22 heavy (non-hydrogen) atoms. The van der Waals surface area contributed by atoms with E-state index in [4.69, 9.17) is 4.74 Å². The Hall–Kier alpha value is -0.380. The van der Waals surface area contributed by atoms with Gasteiger partial charge in [-0.3, -0.25) is 0 Å². The standard InChI is InChI=1S/C15H28N4OS.HI/c1-4-16-15(18-12-14-6-11-21-13-14)17-7-9-19(2)8-5-10-20-3;/h6,11,13H,4-5,7-10,12H2,1-3H3,(H2,16,17,18);1H. The van der Waals surface area contributed by atoms with Gasteiger partial charge in [-0.25, -0.2) is 4.99 Å². The fourth-order valence-electron chi connectivity index (χ4n) is 1.85. The largest absolute Gasteiger partial charge is 0.385 e. The van der Waals surface area contributed by atoms with Gasteiger partial charge in [0.2, 0.25) is 0 Å². The summed E-state index contributed by atoms with van der Waals surface area (Å²) in [4.78, 5) is 6.89. The lowest BCUT2D eigenvalue weighted by molar-refractivity contribution is 0.180. The Morgan fingerprint density at radius 1 is 1.36 bits per heavy atom. The molecule has 5 nitrogen and oxygen atoms in total. The van der Waals surface area contributed by atoms with Gasteiger partial charge in [0.1, 0.15) is 0 Å². The van der Waals surface area contributed by atoms with Crippen molar-refractivity contribution < 1.29 is 4.74 Å². The van der Waals surface area contributed by atoms with Crippen molar-refractivity contribution in [2.24, 2.45) is 4.99 Å². The van der Waals surface area contributed by atoms with Crippen molar-refractivity contribution in [2.75, 3.05) is 46.9 Å². The van der Waals surface area contributed by atoms with E-state index < -0.39 is 0 Å². The first-order valence-corrected chi connectivity index (χ1v) is 8.41. The molecular formula is C15H29IN4OS. The quantitative estimate of drug-likeness (QED) is 0.254. The third-order valence-corrected chi connectivity index (χ3v) is 3.75. The number of rotatable bonds is 10. The average Bonchev–Trinajstić information content (AvgIpc) is 2.98. The van der Waals surface area contributed by atoms with Crippen molar-refractivity contribution in [1.29, 1.82) is 0 Å². The molecule has 0 aliphatic rings. The molecule has 1 heterocycles. The molecule has 1 rings (SSSR count). The summed E-state index contributed by atoms with van der Waals surface area (Å²) in [6.07, 6.45) is 1.07. The minimum absolute atomic E-state index is 0. The van der Waals surface area contributed by atoms with E-state index in [1.54, 1.807) is 18.4 Å². The molecule has 0 saturated carbocycles. The number of nitrogens with zero attached hydrogens (tertiary/aromatic N) is 2. The number of guanidine groups is 1. The first-order valence-electron chi connectivity index (χ1n) is 7.47. The second-order valence-corrected chi connectivity index (χ2v) is 5.68. The third-order valence-electron chi connectivity index (χ3n) is 3.02. The van der Waals surface area contributed by atoms with Gasteiger partial charge < -0.3 is 20.3 Å². The summed E-state index contributed by atoms with van der Waals surface area (Å²) in [6.45, 7) is 7.44. The van der Waals surface area contributed by atoms with E-state index in [2.05, 4.69) is 51.3 Å². The van der Waals surface area contributed by atoms with Gasteiger partial charge in [-0.15, -0.1) is 24.0 Å². The maximum absolute atomic E-state index is 5.06. The highest BCUT2D eigenvalue weighted by molar-refractivity contribution is 14.0. The molecule has 2 N–H and O–H groups in total. The van der Waals surface area contributed by atoms with Crippen LogP contribution in [-0.2, 0) is 11.3 Å². The molecule has 7 heteroatoms. The molecule has 0 aliphatic carbocycles. The summed E-state index contributed by atoms with van der Waals surface area (Å²) in [5, 5.41) is 10.9. The highest BCUT2D eigenvalue weighted by atomic mass is 127. The predicted molar refractivity (Wildman–Crippen MR) is 107 cm³/mol. The van der Waals surface area contributed by atoms with E-state index in [1.807, 2.05) is 0 Å². The highest BCUT2D eigenvalue weighted by Crippen LogP contribution is 2.06. The highest BCUT2D eigenvalue weighted by Gasteiger charge is 2.00. The Balaban J connectivity index is 0.00000441. The zero-order chi connectivity index (χ0) is 15.3. The smallest absolute Gasteiger partial charge is 0.191 e. The van der Waals surface area contributed by atoms with Crippen LogP contribution in [0.2, 0.25) is 0 Å². The van der Waals surface area contributed by atoms with Crippen LogP contribution in [0.25, 0.3) is 0 Å². The van der Waals surface area contributed by atoms with Crippen LogP contribution in [0.15, 0.2) is 21.8 Å². The van der Waals surface area contributed by atoms with Gasteiger partial charge in [0.05, 0.1) is 6.54 Å². The predicted octanol–water partition coefficient (Wildman–Crippen LogP) is 2.39. The van der Waals surface area contributed by atoms with Crippen LogP contribution in [-0.4, -0.2) is 57.8 Å². The maximum atomic E-state index is 5.06. The lowest BCUT2D eigenvalue weighted by Crippen LogP contribution is -2.41. The number of hydrogen-bond donors (Lipinski definition) is 2. The van der Waals surface area contributed by atoms with Crippen molar-refractivity contribution in [3.05, 3.63) is 22.4 Å². The van der Waals surface area contributed by atoms with Crippen LogP contribution in [0.3, 0.4) is 0 Å². The number of thiophene rings is 1. The molecule has 128 valence electrons. The summed E-state index contributed by atoms with van der Waals surface area (Å²) in [5.74, 6) is 0.883. The molecule has 0 unspecified atom stereocenters. The van der Waals surface area contributed by atoms with Crippen LogP contribution >= 0.6 is 35.3 Å². The zero-order valence-corrected chi connectivity index (χ0v) is 16.9. The first-order chi connectivity index (χ1) is 10.3. The Bertz CT molecular complexity index is 387. The Morgan fingerprint density at radius 3 is 2.82 bits per heavy atom. The van der Waals surface area contributed by atoms with Crippen molar-refractivity contribution >= 4 is 41.3 Å². The topological polar surface area (TPSA) is 48.9 Å². The number of ether oxygens (including phenoxy) is 1. The molecule has 0 aliphatic heterocycles. The molecule has 0 spiro atoms. The summed E-state index contributed by atoms with van der Waals surface area (Å²) in [7, 11) is 3.88. The summed E-state index contributed by atoms with van der Waals surface area (Å²) < 4.78 is 5.06. The van der Waals surface area contributed by atoms with Gasteiger partial charge in [0.25, 0.3) is 0 Å². The lowest BCUT2D eigenvalue weighted by Gasteiger charge is -2.18. The fraction of sp³-hybridized carbons (Fsp3) is 0.667. The van der Waals surface area contributed by atoms with Crippen LogP contribution in [0.4, 0.5) is 0 Å². The lowest BCUT2D eigenvalue weighted by atomic mass is 10.3. The number of aliphatic imine (C=N–C) groups is 1. The minimum atomic E-state index is 0. The Labute approximate surface area is 155 Å². The number of halogens is 1. The molecule has 0 bridgehead atoms. The molecule has 0 fully saturated rings. The Kier molecular flexibility index (Phi) is 14.0. The molecule has 0 amide bonds. The van der Waals surface area contributed by atoms with E-state index in [1.165, 1.54) is 5.56 Å². The number of hydrogen-bond acceptors (Lipinski definition) is 4. The van der Waals surface area contributed by atoms with Gasteiger partial charge in [-0.2, -0.15) is 11.3 Å². The van der Waals surface area contributed by atoms with Gasteiger partial charge >= 0.3 is 0 Å². The van der Waals surface area contributed by atoms with Crippen LogP contribution in [0.1, 0.15) is 18.9 Å². The third kappa shape index (κ3) is 10.4. The maximum Gasteiger partial charge on any atom is 0.191 e. The van der Waals surface area contributed by atoms with Crippen molar-refractivity contribution in [3.8, 4) is 0 Å². The molecule has 0 aromatic carbocycles. The minimum Gasteiger partial charge on any atom is -0.385 e. The van der Waals surface area contributed by atoms with Crippen LogP contribution in [0, 0.1) is 0 Å². The van der Waals surface area contributed by atoms with E-state index >= 15 is 0 Å².